The van der Waals surface area contributed by atoms with Crippen LogP contribution in [0.15, 0.2) is 48.5 Å². The van der Waals surface area contributed by atoms with Crippen molar-refractivity contribution in [3.8, 4) is 0 Å². The molecule has 4 rings (SSSR count). The number of benzene rings is 2. The van der Waals surface area contributed by atoms with Crippen LogP contribution in [-0.4, -0.2) is 43.7 Å². The van der Waals surface area contributed by atoms with Crippen molar-refractivity contribution in [1.29, 1.82) is 0 Å². The van der Waals surface area contributed by atoms with E-state index >= 15 is 0 Å². The lowest BCUT2D eigenvalue weighted by Crippen LogP contribution is -2.40. The van der Waals surface area contributed by atoms with E-state index in [1.54, 1.807) is 0 Å². The fourth-order valence-electron chi connectivity index (χ4n) is 4.77. The molecule has 0 saturated carbocycles. The quantitative estimate of drug-likeness (QED) is 0.673. The van der Waals surface area contributed by atoms with Crippen molar-refractivity contribution in [2.24, 2.45) is 5.92 Å². The van der Waals surface area contributed by atoms with Crippen LogP contribution >= 0.6 is 0 Å². The zero-order chi connectivity index (χ0) is 20.1. The topological polar surface area (TPSA) is 32.8 Å². The van der Waals surface area contributed by atoms with Crippen molar-refractivity contribution < 1.29 is 9.53 Å². The van der Waals surface area contributed by atoms with Gasteiger partial charge < -0.3 is 14.5 Å². The first-order chi connectivity index (χ1) is 14.3. The molecule has 0 aromatic heterocycles. The molecule has 0 unspecified atom stereocenters. The number of para-hydroxylation sites is 2. The molecule has 0 radical (unpaired) electrons. The van der Waals surface area contributed by atoms with Crippen LogP contribution in [0.3, 0.4) is 0 Å². The minimum absolute atomic E-state index is 0.0208. The van der Waals surface area contributed by atoms with E-state index in [4.69, 9.17) is 4.74 Å². The normalized spacial score (nSPS) is 19.2. The fourth-order valence-corrected chi connectivity index (χ4v) is 4.77. The number of hydrogen-bond acceptors (Lipinski definition) is 4. The number of hydrogen-bond donors (Lipinski definition) is 0. The van der Waals surface area contributed by atoms with Crippen LogP contribution in [0, 0.1) is 5.92 Å². The Morgan fingerprint density at radius 3 is 2.31 bits per heavy atom. The summed E-state index contributed by atoms with van der Waals surface area (Å²) in [6.07, 6.45) is 5.31. The number of carbonyl (C=O) groups excluding carboxylic acids is 1. The zero-order valence-corrected chi connectivity index (χ0v) is 17.5. The van der Waals surface area contributed by atoms with Crippen molar-refractivity contribution in [3.63, 3.8) is 0 Å². The first-order valence-corrected chi connectivity index (χ1v) is 11.1. The van der Waals surface area contributed by atoms with E-state index in [0.29, 0.717) is 6.61 Å². The predicted molar refractivity (Wildman–Crippen MR) is 118 cm³/mol. The van der Waals surface area contributed by atoms with Crippen molar-refractivity contribution in [2.75, 3.05) is 37.7 Å². The maximum Gasteiger partial charge on any atom is 0.310 e. The lowest BCUT2D eigenvalue weighted by atomic mass is 9.98. The first kappa shape index (κ1) is 20.0. The third kappa shape index (κ3) is 4.64. The molecular weight excluding hydrogens is 360 g/mol. The fraction of sp³-hybridized carbons (Fsp3) is 0.480. The molecule has 4 heteroatoms. The smallest absolute Gasteiger partial charge is 0.310 e. The van der Waals surface area contributed by atoms with Crippen LogP contribution in [0.2, 0.25) is 0 Å². The molecule has 2 aromatic rings. The molecular formula is C25H32N2O2. The Kier molecular flexibility index (Phi) is 6.50. The number of anilines is 2. The summed E-state index contributed by atoms with van der Waals surface area (Å²) in [6, 6.07) is 17.6. The molecule has 29 heavy (non-hydrogen) atoms. The van der Waals surface area contributed by atoms with Gasteiger partial charge in [-0.2, -0.15) is 0 Å². The van der Waals surface area contributed by atoms with Crippen LogP contribution < -0.4 is 4.90 Å². The summed E-state index contributed by atoms with van der Waals surface area (Å²) < 4.78 is 5.25. The number of piperidine rings is 1. The van der Waals surface area contributed by atoms with E-state index in [0.717, 1.165) is 58.3 Å². The molecule has 4 nitrogen and oxygen atoms in total. The van der Waals surface area contributed by atoms with Crippen LogP contribution in [0.4, 0.5) is 11.4 Å². The van der Waals surface area contributed by atoms with E-state index in [1.807, 2.05) is 6.92 Å². The molecule has 2 aliphatic heterocycles. The molecule has 0 bridgehead atoms. The number of esters is 1. The zero-order valence-electron chi connectivity index (χ0n) is 17.5. The van der Waals surface area contributed by atoms with Crippen LogP contribution in [0.25, 0.3) is 0 Å². The molecule has 0 amide bonds. The molecule has 0 N–H and O–H groups in total. The first-order valence-electron chi connectivity index (χ1n) is 11.1. The number of aryl methyl sites for hydroxylation is 2. The number of carbonyl (C=O) groups is 1. The molecule has 0 spiro atoms. The van der Waals surface area contributed by atoms with Gasteiger partial charge in [-0.15, -0.1) is 0 Å². The standard InChI is InChI=1S/C25H32N2O2/c1-2-29-25(28)22-11-7-16-26(19-22)17-8-18-27-23-12-5-3-9-20(23)14-15-21-10-4-6-13-24(21)27/h3-6,9-10,12-13,22H,2,7-8,11,14-19H2,1H3/t22-/m1/s1. The van der Waals surface area contributed by atoms with Crippen LogP contribution in [0.5, 0.6) is 0 Å². The largest absolute Gasteiger partial charge is 0.466 e. The molecule has 154 valence electrons. The Hall–Kier alpha value is -2.33. The highest BCUT2D eigenvalue weighted by atomic mass is 16.5. The highest BCUT2D eigenvalue weighted by molar-refractivity contribution is 5.73. The van der Waals surface area contributed by atoms with Gasteiger partial charge >= 0.3 is 5.97 Å². The summed E-state index contributed by atoms with van der Waals surface area (Å²) in [5.74, 6) is 0.0240. The lowest BCUT2D eigenvalue weighted by Gasteiger charge is -2.33. The van der Waals surface area contributed by atoms with E-state index in [-0.39, 0.29) is 11.9 Å². The summed E-state index contributed by atoms with van der Waals surface area (Å²) in [7, 11) is 0. The molecule has 1 fully saturated rings. The SMILES string of the molecule is CCOC(=O)[C@@H]1CCCN(CCCN2c3ccccc3CCc3ccccc32)C1. The number of rotatable bonds is 6. The Labute approximate surface area is 174 Å². The second-order valence-corrected chi connectivity index (χ2v) is 8.15. The van der Waals surface area contributed by atoms with E-state index in [1.165, 1.54) is 22.5 Å². The van der Waals surface area contributed by atoms with Gasteiger partial charge in [0.1, 0.15) is 0 Å². The van der Waals surface area contributed by atoms with E-state index < -0.39 is 0 Å². The van der Waals surface area contributed by atoms with Gasteiger partial charge in [0.25, 0.3) is 0 Å². The molecule has 1 saturated heterocycles. The average Bonchev–Trinajstić information content (AvgIpc) is 2.92. The second-order valence-electron chi connectivity index (χ2n) is 8.15. The number of ether oxygens (including phenoxy) is 1. The van der Waals surface area contributed by atoms with Crippen molar-refractivity contribution >= 4 is 17.3 Å². The molecule has 2 aliphatic rings. The molecule has 0 aliphatic carbocycles. The van der Waals surface area contributed by atoms with Gasteiger partial charge in [0.2, 0.25) is 0 Å². The third-order valence-electron chi connectivity index (χ3n) is 6.21. The van der Waals surface area contributed by atoms with Crippen LogP contribution in [0.1, 0.15) is 37.3 Å². The van der Waals surface area contributed by atoms with Crippen molar-refractivity contribution in [2.45, 2.75) is 39.0 Å². The van der Waals surface area contributed by atoms with Crippen molar-refractivity contribution in [1.82, 2.24) is 4.90 Å². The Morgan fingerprint density at radius 2 is 1.66 bits per heavy atom. The Morgan fingerprint density at radius 1 is 1.00 bits per heavy atom. The minimum Gasteiger partial charge on any atom is -0.466 e. The summed E-state index contributed by atoms with van der Waals surface area (Å²) in [5, 5.41) is 0. The van der Waals surface area contributed by atoms with E-state index in [9.17, 15) is 4.79 Å². The summed E-state index contributed by atoms with van der Waals surface area (Å²) >= 11 is 0. The number of fused-ring (bicyclic) bond motifs is 2. The van der Waals surface area contributed by atoms with Gasteiger partial charge in [-0.3, -0.25) is 4.79 Å². The molecule has 1 atom stereocenters. The van der Waals surface area contributed by atoms with Gasteiger partial charge in [0, 0.05) is 24.5 Å². The Balaban J connectivity index is 1.43. The lowest BCUT2D eigenvalue weighted by molar-refractivity contribution is -0.149. The molecule has 2 aromatic carbocycles. The molecule has 2 heterocycles. The highest BCUT2D eigenvalue weighted by Gasteiger charge is 2.27. The summed E-state index contributed by atoms with van der Waals surface area (Å²) in [6.45, 7) is 6.30. The third-order valence-corrected chi connectivity index (χ3v) is 6.21. The van der Waals surface area contributed by atoms with Gasteiger partial charge in [-0.05, 0) is 75.4 Å². The van der Waals surface area contributed by atoms with Crippen LogP contribution in [-0.2, 0) is 22.4 Å². The number of nitrogens with zero attached hydrogens (tertiary/aromatic N) is 2. The number of likely N-dealkylation sites (tertiary alicyclic amines) is 1. The average molecular weight is 393 g/mol. The van der Waals surface area contributed by atoms with Gasteiger partial charge in [-0.25, -0.2) is 0 Å². The van der Waals surface area contributed by atoms with Crippen molar-refractivity contribution in [3.05, 3.63) is 59.7 Å². The van der Waals surface area contributed by atoms with Gasteiger partial charge in [0.15, 0.2) is 0 Å². The maximum atomic E-state index is 12.1. The van der Waals surface area contributed by atoms with Gasteiger partial charge in [0.05, 0.1) is 12.5 Å². The Bertz CT molecular complexity index is 788. The monoisotopic (exact) mass is 392 g/mol. The summed E-state index contributed by atoms with van der Waals surface area (Å²) in [5.41, 5.74) is 5.56. The highest BCUT2D eigenvalue weighted by Crippen LogP contribution is 2.35. The van der Waals surface area contributed by atoms with E-state index in [2.05, 4.69) is 58.3 Å². The second kappa shape index (κ2) is 9.45. The summed E-state index contributed by atoms with van der Waals surface area (Å²) in [4.78, 5) is 17.1. The minimum atomic E-state index is -0.0208. The van der Waals surface area contributed by atoms with Gasteiger partial charge in [-0.1, -0.05) is 36.4 Å². The predicted octanol–water partition coefficient (Wildman–Crippen LogP) is 4.59. The maximum absolute atomic E-state index is 12.1.